The molecule has 0 aliphatic carbocycles. The Labute approximate surface area is 128 Å². The van der Waals surface area contributed by atoms with Gasteiger partial charge >= 0.3 is 0 Å². The van der Waals surface area contributed by atoms with Crippen molar-refractivity contribution in [2.75, 3.05) is 31.1 Å². The molecule has 0 unspecified atom stereocenters. The summed E-state index contributed by atoms with van der Waals surface area (Å²) in [4.78, 5) is 7.12. The summed E-state index contributed by atoms with van der Waals surface area (Å²) in [7, 11) is 0. The van der Waals surface area contributed by atoms with Gasteiger partial charge in [0.15, 0.2) is 0 Å². The third-order valence-electron chi connectivity index (χ3n) is 4.05. The molecule has 4 rings (SSSR count). The molecule has 1 aliphatic rings. The van der Waals surface area contributed by atoms with E-state index >= 15 is 0 Å². The van der Waals surface area contributed by atoms with Crippen LogP contribution >= 0.6 is 11.6 Å². The first-order chi connectivity index (χ1) is 10.3. The third-order valence-corrected chi connectivity index (χ3v) is 4.36. The smallest absolute Gasteiger partial charge is 0.0895 e. The number of para-hydroxylation sites is 1. The largest absolute Gasteiger partial charge is 0.369 e. The van der Waals surface area contributed by atoms with Crippen LogP contribution in [-0.4, -0.2) is 31.2 Å². The number of aromatic nitrogens is 1. The predicted octanol–water partition coefficient (Wildman–Crippen LogP) is 3.45. The lowest BCUT2D eigenvalue weighted by atomic mass is 10.1. The van der Waals surface area contributed by atoms with Crippen molar-refractivity contribution in [3.8, 4) is 0 Å². The zero-order valence-electron chi connectivity index (χ0n) is 11.6. The van der Waals surface area contributed by atoms with Crippen molar-refractivity contribution in [3.63, 3.8) is 0 Å². The van der Waals surface area contributed by atoms with Crippen molar-refractivity contribution in [1.29, 1.82) is 0 Å². The second-order valence-electron chi connectivity index (χ2n) is 5.41. The number of halogens is 1. The van der Waals surface area contributed by atoms with Gasteiger partial charge < -0.3 is 10.2 Å². The lowest BCUT2D eigenvalue weighted by Crippen LogP contribution is -2.43. The van der Waals surface area contributed by atoms with E-state index in [2.05, 4.69) is 40.5 Å². The standard InChI is InChI=1S/C17H16ClN3/c18-15-3-1-2-12-10-13-11-14(21-8-6-19-7-9-21)4-5-16(13)20-17(12)15/h1-5,10-11,19H,6-9H2. The number of benzene rings is 2. The summed E-state index contributed by atoms with van der Waals surface area (Å²) in [5, 5.41) is 6.35. The Balaban J connectivity index is 1.85. The van der Waals surface area contributed by atoms with E-state index in [1.807, 2.05) is 12.1 Å². The molecular weight excluding hydrogens is 282 g/mol. The Kier molecular flexibility index (Phi) is 3.17. The molecule has 2 aromatic carbocycles. The molecule has 0 radical (unpaired) electrons. The summed E-state index contributed by atoms with van der Waals surface area (Å²) in [6.45, 7) is 4.20. The average molecular weight is 298 g/mol. The number of nitrogens with one attached hydrogen (secondary N) is 1. The number of hydrogen-bond acceptors (Lipinski definition) is 3. The summed E-state index contributed by atoms with van der Waals surface area (Å²) in [6, 6.07) is 14.6. The van der Waals surface area contributed by atoms with E-state index < -0.39 is 0 Å². The van der Waals surface area contributed by atoms with Crippen molar-refractivity contribution >= 4 is 39.1 Å². The fourth-order valence-electron chi connectivity index (χ4n) is 2.93. The maximum atomic E-state index is 6.23. The Morgan fingerprint density at radius 3 is 2.71 bits per heavy atom. The molecule has 2 heterocycles. The summed E-state index contributed by atoms with van der Waals surface area (Å²) in [5.74, 6) is 0. The Morgan fingerprint density at radius 1 is 1.00 bits per heavy atom. The first-order valence-electron chi connectivity index (χ1n) is 7.26. The molecule has 3 aromatic rings. The molecular formula is C17H16ClN3. The van der Waals surface area contributed by atoms with Gasteiger partial charge in [0.25, 0.3) is 0 Å². The van der Waals surface area contributed by atoms with E-state index in [1.165, 1.54) is 11.1 Å². The minimum absolute atomic E-state index is 0.709. The van der Waals surface area contributed by atoms with Crippen LogP contribution in [0.15, 0.2) is 42.5 Å². The van der Waals surface area contributed by atoms with Gasteiger partial charge in [0.1, 0.15) is 0 Å². The van der Waals surface area contributed by atoms with E-state index in [1.54, 1.807) is 0 Å². The van der Waals surface area contributed by atoms with Gasteiger partial charge in [-0.25, -0.2) is 4.98 Å². The van der Waals surface area contributed by atoms with Crippen LogP contribution in [0.1, 0.15) is 0 Å². The number of anilines is 1. The van der Waals surface area contributed by atoms with Crippen LogP contribution in [0.25, 0.3) is 21.8 Å². The van der Waals surface area contributed by atoms with Crippen LogP contribution in [0.5, 0.6) is 0 Å². The van der Waals surface area contributed by atoms with Crippen molar-refractivity contribution in [2.45, 2.75) is 0 Å². The Bertz CT molecular complexity index is 810. The molecule has 1 aromatic heterocycles. The van der Waals surface area contributed by atoms with E-state index in [0.29, 0.717) is 5.02 Å². The number of fused-ring (bicyclic) bond motifs is 2. The molecule has 0 saturated carbocycles. The van der Waals surface area contributed by atoms with Gasteiger partial charge in [-0.15, -0.1) is 0 Å². The van der Waals surface area contributed by atoms with E-state index in [9.17, 15) is 0 Å². The predicted molar refractivity (Wildman–Crippen MR) is 89.3 cm³/mol. The first kappa shape index (κ1) is 12.9. The van der Waals surface area contributed by atoms with Crippen molar-refractivity contribution in [1.82, 2.24) is 10.3 Å². The van der Waals surface area contributed by atoms with Crippen molar-refractivity contribution in [3.05, 3.63) is 47.5 Å². The lowest BCUT2D eigenvalue weighted by molar-refractivity contribution is 0.589. The van der Waals surface area contributed by atoms with Gasteiger partial charge in [-0.2, -0.15) is 0 Å². The van der Waals surface area contributed by atoms with Crippen LogP contribution < -0.4 is 10.2 Å². The van der Waals surface area contributed by atoms with Crippen LogP contribution in [0.4, 0.5) is 5.69 Å². The molecule has 3 nitrogen and oxygen atoms in total. The van der Waals surface area contributed by atoms with Gasteiger partial charge in [0, 0.05) is 42.6 Å². The lowest BCUT2D eigenvalue weighted by Gasteiger charge is -2.29. The molecule has 106 valence electrons. The number of nitrogens with zero attached hydrogens (tertiary/aromatic N) is 2. The quantitative estimate of drug-likeness (QED) is 0.697. The summed E-state index contributed by atoms with van der Waals surface area (Å²) in [5.41, 5.74) is 3.14. The highest BCUT2D eigenvalue weighted by molar-refractivity contribution is 6.35. The maximum absolute atomic E-state index is 6.23. The van der Waals surface area contributed by atoms with Gasteiger partial charge in [-0.05, 0) is 30.3 Å². The Hall–Kier alpha value is -1.84. The molecule has 0 atom stereocenters. The topological polar surface area (TPSA) is 28.2 Å². The SMILES string of the molecule is Clc1cccc2cc3cc(N4CCNCC4)ccc3nc12. The van der Waals surface area contributed by atoms with Crippen LogP contribution in [0, 0.1) is 0 Å². The molecule has 1 fully saturated rings. The minimum atomic E-state index is 0.709. The highest BCUT2D eigenvalue weighted by atomic mass is 35.5. The van der Waals surface area contributed by atoms with Gasteiger partial charge in [0.05, 0.1) is 16.1 Å². The fourth-order valence-corrected chi connectivity index (χ4v) is 3.16. The molecule has 21 heavy (non-hydrogen) atoms. The average Bonchev–Trinajstić information content (AvgIpc) is 2.54. The monoisotopic (exact) mass is 297 g/mol. The van der Waals surface area contributed by atoms with Crippen LogP contribution in [0.2, 0.25) is 5.02 Å². The highest BCUT2D eigenvalue weighted by Gasteiger charge is 2.11. The molecule has 0 amide bonds. The van der Waals surface area contributed by atoms with E-state index in [0.717, 1.165) is 42.6 Å². The molecule has 1 saturated heterocycles. The van der Waals surface area contributed by atoms with Gasteiger partial charge in [-0.1, -0.05) is 23.7 Å². The van der Waals surface area contributed by atoms with E-state index in [-0.39, 0.29) is 0 Å². The summed E-state index contributed by atoms with van der Waals surface area (Å²) >= 11 is 6.23. The van der Waals surface area contributed by atoms with Gasteiger partial charge in [0.2, 0.25) is 0 Å². The second kappa shape index (κ2) is 5.17. The highest BCUT2D eigenvalue weighted by Crippen LogP contribution is 2.28. The molecule has 4 heteroatoms. The number of piperazine rings is 1. The minimum Gasteiger partial charge on any atom is -0.369 e. The van der Waals surface area contributed by atoms with Crippen LogP contribution in [0.3, 0.4) is 0 Å². The number of hydrogen-bond donors (Lipinski definition) is 1. The maximum Gasteiger partial charge on any atom is 0.0895 e. The molecule has 0 spiro atoms. The zero-order chi connectivity index (χ0) is 14.2. The summed E-state index contributed by atoms with van der Waals surface area (Å²) < 4.78 is 0. The molecule has 0 bridgehead atoms. The Morgan fingerprint density at radius 2 is 1.86 bits per heavy atom. The summed E-state index contributed by atoms with van der Waals surface area (Å²) in [6.07, 6.45) is 0. The van der Waals surface area contributed by atoms with E-state index in [4.69, 9.17) is 16.6 Å². The van der Waals surface area contributed by atoms with Crippen LogP contribution in [-0.2, 0) is 0 Å². The fraction of sp³-hybridized carbons (Fsp3) is 0.235. The zero-order valence-corrected chi connectivity index (χ0v) is 12.4. The number of rotatable bonds is 1. The third kappa shape index (κ3) is 2.33. The van der Waals surface area contributed by atoms with Crippen molar-refractivity contribution in [2.24, 2.45) is 0 Å². The van der Waals surface area contributed by atoms with Gasteiger partial charge in [-0.3, -0.25) is 0 Å². The second-order valence-corrected chi connectivity index (χ2v) is 5.82. The first-order valence-corrected chi connectivity index (χ1v) is 7.64. The molecule has 1 aliphatic heterocycles. The van der Waals surface area contributed by atoms with Crippen molar-refractivity contribution < 1.29 is 0 Å². The number of pyridine rings is 1. The normalized spacial score (nSPS) is 15.8. The molecule has 1 N–H and O–H groups in total.